The Bertz CT molecular complexity index is 1230. The van der Waals surface area contributed by atoms with Gasteiger partial charge < -0.3 is 20.7 Å². The van der Waals surface area contributed by atoms with Gasteiger partial charge in [-0.2, -0.15) is 4.72 Å². The minimum Gasteiger partial charge on any atom is -0.493 e. The molecular weight excluding hydrogens is 472 g/mol. The van der Waals surface area contributed by atoms with Gasteiger partial charge >= 0.3 is 0 Å². The number of nitrogens with one attached hydrogen (secondary N) is 2. The minimum atomic E-state index is -3.96. The molecule has 0 bridgehead atoms. The third-order valence-corrected chi connectivity index (χ3v) is 7.81. The molecule has 0 saturated carbocycles. The molecule has 3 heterocycles. The van der Waals surface area contributed by atoms with E-state index in [2.05, 4.69) is 20.0 Å². The first-order valence-corrected chi connectivity index (χ1v) is 13.1. The molecule has 0 radical (unpaired) electrons. The number of nitrogens with two attached hydrogens (primary N) is 1. The van der Waals surface area contributed by atoms with Crippen LogP contribution in [0.3, 0.4) is 0 Å². The Labute approximate surface area is 204 Å². The predicted molar refractivity (Wildman–Crippen MR) is 128 cm³/mol. The first-order chi connectivity index (χ1) is 16.6. The topological polar surface area (TPSA) is 157 Å². The summed E-state index contributed by atoms with van der Waals surface area (Å²) in [5.41, 5.74) is 7.75. The fourth-order valence-corrected chi connectivity index (χ4v) is 5.56. The number of carbonyl (C=O) groups excluding carboxylic acids is 2. The van der Waals surface area contributed by atoms with E-state index in [-0.39, 0.29) is 29.9 Å². The lowest BCUT2D eigenvalue weighted by Gasteiger charge is -2.29. The maximum atomic E-state index is 13.3. The van der Waals surface area contributed by atoms with E-state index in [0.29, 0.717) is 48.8 Å². The monoisotopic (exact) mass is 502 g/mol. The number of aryl methyl sites for hydroxylation is 1. The summed E-state index contributed by atoms with van der Waals surface area (Å²) >= 11 is 0. The van der Waals surface area contributed by atoms with E-state index >= 15 is 0 Å². The largest absolute Gasteiger partial charge is 0.493 e. The SMILES string of the molecule is Cc1nc(N)cnc1CNC(=O)CN1C(=O)[C@@H](NS(=O)(=O)c2ccc3c(c2)OCC3)CCC[C@H]1C. The van der Waals surface area contributed by atoms with Crippen LogP contribution in [-0.2, 0) is 32.6 Å². The standard InChI is InChI=1S/C23H30N6O5S/c1-14-4-3-5-18(28-35(32,33)17-7-6-16-8-9-34-20(16)10-17)23(31)29(14)13-22(30)26-11-19-15(2)27-21(24)12-25-19/h6-7,10,12,14,18,28H,3-5,8-9,11,13H2,1-2H3,(H2,24,27)(H,26,30)/t14-,18+/m1/s1. The highest BCUT2D eigenvalue weighted by molar-refractivity contribution is 7.89. The summed E-state index contributed by atoms with van der Waals surface area (Å²) in [6, 6.07) is 3.57. The van der Waals surface area contributed by atoms with Gasteiger partial charge in [0.1, 0.15) is 17.6 Å². The summed E-state index contributed by atoms with van der Waals surface area (Å²) in [5.74, 6) is 0.0487. The molecule has 1 aromatic carbocycles. The van der Waals surface area contributed by atoms with Crippen LogP contribution in [0.4, 0.5) is 5.82 Å². The molecule has 2 aliphatic heterocycles. The van der Waals surface area contributed by atoms with E-state index in [1.54, 1.807) is 13.0 Å². The van der Waals surface area contributed by atoms with Gasteiger partial charge in [-0.15, -0.1) is 0 Å². The molecule has 1 saturated heterocycles. The third-order valence-electron chi connectivity index (χ3n) is 6.34. The number of carbonyl (C=O) groups is 2. The van der Waals surface area contributed by atoms with Gasteiger partial charge in [0.2, 0.25) is 21.8 Å². The number of amides is 2. The lowest BCUT2D eigenvalue weighted by molar-refractivity contribution is -0.138. The molecule has 2 atom stereocenters. The van der Waals surface area contributed by atoms with Crippen LogP contribution in [0.15, 0.2) is 29.3 Å². The Balaban J connectivity index is 1.42. The number of ether oxygens (including phenoxy) is 1. The van der Waals surface area contributed by atoms with Gasteiger partial charge in [0.15, 0.2) is 0 Å². The molecule has 0 unspecified atom stereocenters. The van der Waals surface area contributed by atoms with Gasteiger partial charge in [-0.25, -0.2) is 13.4 Å². The number of nitrogen functional groups attached to an aromatic ring is 1. The molecule has 4 N–H and O–H groups in total. The summed E-state index contributed by atoms with van der Waals surface area (Å²) in [5, 5.41) is 2.75. The predicted octanol–water partition coefficient (Wildman–Crippen LogP) is 0.666. The number of hydrogen-bond donors (Lipinski definition) is 3. The highest BCUT2D eigenvalue weighted by atomic mass is 32.2. The maximum Gasteiger partial charge on any atom is 0.241 e. The number of likely N-dealkylation sites (tertiary alicyclic amines) is 1. The van der Waals surface area contributed by atoms with Gasteiger partial charge in [-0.3, -0.25) is 14.6 Å². The Morgan fingerprint density at radius 1 is 1.31 bits per heavy atom. The number of rotatable bonds is 7. The van der Waals surface area contributed by atoms with Crippen molar-refractivity contribution in [2.75, 3.05) is 18.9 Å². The maximum absolute atomic E-state index is 13.3. The normalized spacial score (nSPS) is 20.2. The second-order valence-corrected chi connectivity index (χ2v) is 10.6. The molecule has 35 heavy (non-hydrogen) atoms. The molecule has 188 valence electrons. The van der Waals surface area contributed by atoms with Crippen LogP contribution in [0.25, 0.3) is 0 Å². The van der Waals surface area contributed by atoms with Gasteiger partial charge in [-0.05, 0) is 44.7 Å². The number of benzene rings is 1. The van der Waals surface area contributed by atoms with E-state index < -0.39 is 22.0 Å². The summed E-state index contributed by atoms with van der Waals surface area (Å²) in [6.07, 6.45) is 3.81. The highest BCUT2D eigenvalue weighted by Gasteiger charge is 2.35. The number of anilines is 1. The smallest absolute Gasteiger partial charge is 0.241 e. The lowest BCUT2D eigenvalue weighted by atomic mass is 10.1. The van der Waals surface area contributed by atoms with E-state index in [9.17, 15) is 18.0 Å². The van der Waals surface area contributed by atoms with E-state index in [4.69, 9.17) is 10.5 Å². The molecule has 2 aliphatic rings. The quantitative estimate of drug-likeness (QED) is 0.499. The first kappa shape index (κ1) is 24.9. The molecule has 2 aromatic rings. The van der Waals surface area contributed by atoms with Crippen molar-refractivity contribution < 1.29 is 22.7 Å². The Morgan fingerprint density at radius 3 is 2.89 bits per heavy atom. The van der Waals surface area contributed by atoms with Crippen molar-refractivity contribution in [3.63, 3.8) is 0 Å². The minimum absolute atomic E-state index is 0.0486. The van der Waals surface area contributed by atoms with Crippen molar-refractivity contribution in [3.05, 3.63) is 41.3 Å². The molecule has 11 nitrogen and oxygen atoms in total. The van der Waals surface area contributed by atoms with Crippen LogP contribution < -0.4 is 20.5 Å². The summed E-state index contributed by atoms with van der Waals surface area (Å²) in [4.78, 5) is 35.7. The van der Waals surface area contributed by atoms with Crippen LogP contribution in [-0.4, -0.2) is 60.3 Å². The van der Waals surface area contributed by atoms with Crippen LogP contribution in [0.2, 0.25) is 0 Å². The number of aromatic nitrogens is 2. The summed E-state index contributed by atoms with van der Waals surface area (Å²) < 4.78 is 34.1. The van der Waals surface area contributed by atoms with Crippen molar-refractivity contribution in [1.82, 2.24) is 24.9 Å². The zero-order valence-electron chi connectivity index (χ0n) is 19.8. The van der Waals surface area contributed by atoms with Crippen molar-refractivity contribution in [2.45, 2.75) is 63.1 Å². The molecule has 2 amide bonds. The zero-order chi connectivity index (χ0) is 25.2. The zero-order valence-corrected chi connectivity index (χ0v) is 20.6. The van der Waals surface area contributed by atoms with E-state index in [1.165, 1.54) is 23.2 Å². The third kappa shape index (κ3) is 5.70. The molecule has 0 aliphatic carbocycles. The van der Waals surface area contributed by atoms with Gasteiger partial charge in [-0.1, -0.05) is 6.07 Å². The number of nitrogens with zero attached hydrogens (tertiary/aromatic N) is 3. The highest BCUT2D eigenvalue weighted by Crippen LogP contribution is 2.28. The van der Waals surface area contributed by atoms with Crippen molar-refractivity contribution in [1.29, 1.82) is 0 Å². The van der Waals surface area contributed by atoms with Crippen LogP contribution in [0.1, 0.15) is 43.1 Å². The van der Waals surface area contributed by atoms with Gasteiger partial charge in [0.05, 0.1) is 42.2 Å². The van der Waals surface area contributed by atoms with Crippen LogP contribution in [0, 0.1) is 6.92 Å². The Hall–Kier alpha value is -3.25. The average Bonchev–Trinajstić information content (AvgIpc) is 3.24. The van der Waals surface area contributed by atoms with Crippen LogP contribution >= 0.6 is 0 Å². The Kier molecular flexibility index (Phi) is 7.22. The van der Waals surface area contributed by atoms with Crippen molar-refractivity contribution in [2.24, 2.45) is 0 Å². The Morgan fingerprint density at radius 2 is 2.11 bits per heavy atom. The molecule has 12 heteroatoms. The van der Waals surface area contributed by atoms with E-state index in [0.717, 1.165) is 12.0 Å². The lowest BCUT2D eigenvalue weighted by Crippen LogP contribution is -2.52. The van der Waals surface area contributed by atoms with Crippen LogP contribution in [0.5, 0.6) is 5.75 Å². The molecule has 0 spiro atoms. The number of fused-ring (bicyclic) bond motifs is 1. The molecule has 1 fully saturated rings. The summed E-state index contributed by atoms with van der Waals surface area (Å²) in [6.45, 7) is 4.08. The number of sulfonamides is 1. The second kappa shape index (κ2) is 10.2. The van der Waals surface area contributed by atoms with Crippen molar-refractivity contribution >= 4 is 27.7 Å². The fraction of sp³-hybridized carbons (Fsp3) is 0.478. The second-order valence-electron chi connectivity index (χ2n) is 8.89. The molecular formula is C23H30N6O5S. The van der Waals surface area contributed by atoms with Gasteiger partial charge in [0.25, 0.3) is 0 Å². The average molecular weight is 503 g/mol. The number of hydrogen-bond acceptors (Lipinski definition) is 8. The summed E-state index contributed by atoms with van der Waals surface area (Å²) in [7, 11) is -3.96. The molecule has 1 aromatic heterocycles. The fourth-order valence-electron chi connectivity index (χ4n) is 4.32. The van der Waals surface area contributed by atoms with Gasteiger partial charge in [0, 0.05) is 18.5 Å². The molecule has 4 rings (SSSR count). The first-order valence-electron chi connectivity index (χ1n) is 11.6. The van der Waals surface area contributed by atoms with E-state index in [1.807, 2.05) is 6.92 Å². The van der Waals surface area contributed by atoms with Crippen molar-refractivity contribution in [3.8, 4) is 5.75 Å².